The number of aromatic nitrogens is 2. The van der Waals surface area contributed by atoms with E-state index in [2.05, 4.69) is 23.4 Å². The van der Waals surface area contributed by atoms with E-state index in [0.717, 1.165) is 23.4 Å². The molecule has 1 unspecified atom stereocenters. The van der Waals surface area contributed by atoms with Crippen LogP contribution in [0, 0.1) is 20.7 Å². The van der Waals surface area contributed by atoms with Crippen LogP contribution in [-0.2, 0) is 12.4 Å². The van der Waals surface area contributed by atoms with Crippen LogP contribution in [0.25, 0.3) is 11.0 Å². The van der Waals surface area contributed by atoms with Crippen molar-refractivity contribution in [3.8, 4) is 0 Å². The Kier molecular flexibility index (Phi) is 3.29. The third-order valence-electron chi connectivity index (χ3n) is 4.11. The Labute approximate surface area is 130 Å². The van der Waals surface area contributed by atoms with E-state index >= 15 is 0 Å². The van der Waals surface area contributed by atoms with Crippen LogP contribution in [-0.4, -0.2) is 9.55 Å². The summed E-state index contributed by atoms with van der Waals surface area (Å²) in [6, 6.07) is 3.37. The van der Waals surface area contributed by atoms with Gasteiger partial charge in [0, 0.05) is 12.6 Å². The Bertz CT molecular complexity index is 650. The van der Waals surface area contributed by atoms with Crippen molar-refractivity contribution in [2.75, 3.05) is 0 Å². The summed E-state index contributed by atoms with van der Waals surface area (Å²) in [4.78, 5) is 4.52. The van der Waals surface area contributed by atoms with Crippen molar-refractivity contribution < 1.29 is 4.39 Å². The van der Waals surface area contributed by atoms with Crippen LogP contribution in [0.4, 0.5) is 4.39 Å². The molecule has 0 radical (unpaired) electrons. The van der Waals surface area contributed by atoms with E-state index in [4.69, 9.17) is 11.6 Å². The van der Waals surface area contributed by atoms with Gasteiger partial charge in [-0.15, -0.1) is 11.6 Å². The topological polar surface area (TPSA) is 17.8 Å². The van der Waals surface area contributed by atoms with Crippen molar-refractivity contribution in [3.63, 3.8) is 0 Å². The van der Waals surface area contributed by atoms with Gasteiger partial charge in [0.1, 0.15) is 11.6 Å². The van der Waals surface area contributed by atoms with Gasteiger partial charge in [0.2, 0.25) is 0 Å². The lowest BCUT2D eigenvalue weighted by atomic mass is 10.1. The van der Waals surface area contributed by atoms with Gasteiger partial charge < -0.3 is 4.57 Å². The molecule has 0 spiro atoms. The highest BCUT2D eigenvalue weighted by Gasteiger charge is 2.45. The fourth-order valence-electron chi connectivity index (χ4n) is 2.58. The highest BCUT2D eigenvalue weighted by atomic mass is 127. The number of hydrogen-bond donors (Lipinski definition) is 0. The highest BCUT2D eigenvalue weighted by molar-refractivity contribution is 14.1. The van der Waals surface area contributed by atoms with Gasteiger partial charge >= 0.3 is 0 Å². The van der Waals surface area contributed by atoms with Crippen LogP contribution >= 0.6 is 34.2 Å². The molecule has 3 rings (SSSR count). The summed E-state index contributed by atoms with van der Waals surface area (Å²) < 4.78 is 16.4. The fraction of sp³-hybridized carbons (Fsp3) is 0.500. The summed E-state index contributed by atoms with van der Waals surface area (Å²) in [6.07, 6.45) is 1.21. The number of hydrogen-bond acceptors (Lipinski definition) is 1. The molecule has 1 fully saturated rings. The molecule has 0 bridgehead atoms. The monoisotopic (exact) mass is 392 g/mol. The maximum atomic E-state index is 13.8. The van der Waals surface area contributed by atoms with Gasteiger partial charge in [-0.2, -0.15) is 0 Å². The van der Waals surface area contributed by atoms with Crippen LogP contribution in [0.3, 0.4) is 0 Å². The SMILES string of the molecule is CC1(C)CC1Cn1c(CCl)nc2cc(I)c(F)cc21. The molecule has 1 aliphatic carbocycles. The standard InChI is InChI=1S/C14H15ClFIN2/c1-14(2)5-8(14)7-19-12-3-9(16)10(17)4-11(12)18-13(19)6-15/h3-4,8H,5-7H2,1-2H3. The van der Waals surface area contributed by atoms with Crippen molar-refractivity contribution in [3.05, 3.63) is 27.3 Å². The van der Waals surface area contributed by atoms with E-state index in [1.54, 1.807) is 12.1 Å². The summed E-state index contributed by atoms with van der Waals surface area (Å²) in [7, 11) is 0. The Morgan fingerprint density at radius 3 is 2.79 bits per heavy atom. The molecular formula is C14H15ClFIN2. The molecule has 2 aromatic rings. The average Bonchev–Trinajstić information content (AvgIpc) is 2.80. The molecule has 0 aliphatic heterocycles. The van der Waals surface area contributed by atoms with E-state index in [9.17, 15) is 4.39 Å². The van der Waals surface area contributed by atoms with Gasteiger partial charge in [0.05, 0.1) is 20.5 Å². The third-order valence-corrected chi connectivity index (χ3v) is 5.18. The Hall–Kier alpha value is -0.360. The quantitative estimate of drug-likeness (QED) is 0.553. The largest absolute Gasteiger partial charge is 0.327 e. The van der Waals surface area contributed by atoms with Crippen LogP contribution in [0.5, 0.6) is 0 Å². The van der Waals surface area contributed by atoms with Crippen LogP contribution < -0.4 is 0 Å². The highest BCUT2D eigenvalue weighted by Crippen LogP contribution is 2.52. The molecule has 1 aliphatic rings. The van der Waals surface area contributed by atoms with Gasteiger partial charge in [-0.25, -0.2) is 9.37 Å². The molecule has 5 heteroatoms. The van der Waals surface area contributed by atoms with Gasteiger partial charge in [0.25, 0.3) is 0 Å². The normalized spacial score (nSPS) is 21.0. The van der Waals surface area contributed by atoms with E-state index in [0.29, 0.717) is 20.8 Å². The number of fused-ring (bicyclic) bond motifs is 1. The molecule has 1 saturated carbocycles. The lowest BCUT2D eigenvalue weighted by Crippen LogP contribution is -2.07. The molecule has 0 saturated heterocycles. The van der Waals surface area contributed by atoms with E-state index in [1.807, 2.05) is 22.6 Å². The van der Waals surface area contributed by atoms with Crippen molar-refractivity contribution in [1.82, 2.24) is 9.55 Å². The zero-order valence-electron chi connectivity index (χ0n) is 10.9. The first-order chi connectivity index (χ1) is 8.92. The number of benzene rings is 1. The first-order valence-corrected chi connectivity index (χ1v) is 7.94. The average molecular weight is 393 g/mol. The summed E-state index contributed by atoms with van der Waals surface area (Å²) >= 11 is 7.97. The molecule has 2 nitrogen and oxygen atoms in total. The maximum Gasteiger partial charge on any atom is 0.138 e. The molecule has 102 valence electrons. The molecule has 1 atom stereocenters. The van der Waals surface area contributed by atoms with Crippen molar-refractivity contribution >= 4 is 45.2 Å². The second kappa shape index (κ2) is 4.58. The van der Waals surface area contributed by atoms with Crippen LogP contribution in [0.1, 0.15) is 26.1 Å². The van der Waals surface area contributed by atoms with Gasteiger partial charge in [-0.05, 0) is 46.4 Å². The molecule has 1 aromatic heterocycles. The number of alkyl halides is 1. The lowest BCUT2D eigenvalue weighted by molar-refractivity contribution is 0.498. The summed E-state index contributed by atoms with van der Waals surface area (Å²) in [6.45, 7) is 5.41. The predicted molar refractivity (Wildman–Crippen MR) is 83.9 cm³/mol. The zero-order chi connectivity index (χ0) is 13.8. The summed E-state index contributed by atoms with van der Waals surface area (Å²) in [5.74, 6) is 1.64. The number of imidazole rings is 1. The van der Waals surface area contributed by atoms with Gasteiger partial charge in [-0.3, -0.25) is 0 Å². The van der Waals surface area contributed by atoms with E-state index in [1.165, 1.54) is 6.42 Å². The molecule has 1 heterocycles. The van der Waals surface area contributed by atoms with Crippen molar-refractivity contribution in [2.45, 2.75) is 32.7 Å². The fourth-order valence-corrected chi connectivity index (χ4v) is 3.24. The Balaban J connectivity index is 2.08. The lowest BCUT2D eigenvalue weighted by Gasteiger charge is -2.09. The van der Waals surface area contributed by atoms with E-state index in [-0.39, 0.29) is 5.82 Å². The Morgan fingerprint density at radius 2 is 2.21 bits per heavy atom. The number of rotatable bonds is 3. The maximum absolute atomic E-state index is 13.8. The molecule has 19 heavy (non-hydrogen) atoms. The molecule has 1 aromatic carbocycles. The first-order valence-electron chi connectivity index (χ1n) is 6.32. The summed E-state index contributed by atoms with van der Waals surface area (Å²) in [5.41, 5.74) is 2.08. The van der Waals surface area contributed by atoms with Crippen LogP contribution in [0.2, 0.25) is 0 Å². The minimum Gasteiger partial charge on any atom is -0.327 e. The Morgan fingerprint density at radius 1 is 1.53 bits per heavy atom. The third kappa shape index (κ3) is 2.37. The first kappa shape index (κ1) is 13.6. The van der Waals surface area contributed by atoms with Crippen molar-refractivity contribution in [1.29, 1.82) is 0 Å². The molecular weight excluding hydrogens is 378 g/mol. The van der Waals surface area contributed by atoms with Crippen molar-refractivity contribution in [2.24, 2.45) is 11.3 Å². The predicted octanol–water partition coefficient (Wildman–Crippen LogP) is 4.56. The summed E-state index contributed by atoms with van der Waals surface area (Å²) in [5, 5.41) is 0. The second-order valence-electron chi connectivity index (χ2n) is 5.92. The van der Waals surface area contributed by atoms with E-state index < -0.39 is 0 Å². The smallest absolute Gasteiger partial charge is 0.138 e. The molecule has 0 amide bonds. The zero-order valence-corrected chi connectivity index (χ0v) is 13.8. The van der Waals surface area contributed by atoms with Gasteiger partial charge in [-0.1, -0.05) is 13.8 Å². The number of nitrogens with zero attached hydrogens (tertiary/aromatic N) is 2. The minimum absolute atomic E-state index is 0.189. The second-order valence-corrected chi connectivity index (χ2v) is 7.35. The minimum atomic E-state index is -0.189. The van der Waals surface area contributed by atoms with Crippen LogP contribution in [0.15, 0.2) is 12.1 Å². The van der Waals surface area contributed by atoms with Gasteiger partial charge in [0.15, 0.2) is 0 Å². The molecule has 0 N–H and O–H groups in total. The number of halogens is 3.